The largest absolute Gasteiger partial charge is 0.344 e. The van der Waals surface area contributed by atoms with Gasteiger partial charge in [0.2, 0.25) is 35.4 Å². The lowest BCUT2D eigenvalue weighted by atomic mass is 9.97. The summed E-state index contributed by atoms with van der Waals surface area (Å²) in [5.41, 5.74) is 0. The SMILES string of the molecule is C.CC(=O)C(C)N(C)C(=O)C(C)N(C)C(=O)C(NC(=O)C(CC(C)C)N(C)C(=O)C(C)N(C)C(=O)C(NC(=O)C(C)CC(C)C)C1C(C)C1C)C1C(C)C1C. The first-order valence-electron chi connectivity index (χ1n) is 20.0. The van der Waals surface area contributed by atoms with E-state index in [0.717, 1.165) is 0 Å². The van der Waals surface area contributed by atoms with Crippen molar-refractivity contribution in [3.63, 3.8) is 0 Å². The van der Waals surface area contributed by atoms with Gasteiger partial charge in [-0.15, -0.1) is 0 Å². The van der Waals surface area contributed by atoms with Gasteiger partial charge in [-0.1, -0.05) is 69.7 Å². The molecule has 6 amide bonds. The standard InChI is InChI=1S/C41H72N6O7.CH4/c1-20(2)18-22(5)36(49)42-34(32-23(6)24(32)7)40(53)46(16)29(12)39(52)47(17)31(19-21(3)4)37(50)43-35(33-25(8)26(33)9)41(54)45(15)28(11)38(51)44(14)27(10)30(13)48;/h20-29,31-35H,18-19H2,1-17H3,(H,42,49)(H,43,50);1H4. The molecule has 316 valence electrons. The lowest BCUT2D eigenvalue weighted by Crippen LogP contribution is -2.60. The third-order valence-corrected chi connectivity index (χ3v) is 12.9. The third-order valence-electron chi connectivity index (χ3n) is 12.9. The fraction of sp³-hybridized carbons (Fsp3) is 0.833. The number of carbonyl (C=O) groups is 7. The Morgan fingerprint density at radius 2 is 0.818 bits per heavy atom. The first kappa shape index (κ1) is 49.5. The van der Waals surface area contributed by atoms with Gasteiger partial charge in [0.15, 0.2) is 5.78 Å². The zero-order valence-electron chi connectivity index (χ0n) is 36.2. The van der Waals surface area contributed by atoms with E-state index in [0.29, 0.717) is 18.8 Å². The van der Waals surface area contributed by atoms with Crippen LogP contribution in [0.3, 0.4) is 0 Å². The van der Waals surface area contributed by atoms with Gasteiger partial charge in [0.25, 0.3) is 0 Å². The second-order valence-electron chi connectivity index (χ2n) is 17.7. The van der Waals surface area contributed by atoms with Gasteiger partial charge in [-0.3, -0.25) is 33.6 Å². The average molecular weight is 777 g/mol. The van der Waals surface area contributed by atoms with Crippen LogP contribution in [-0.4, -0.2) is 125 Å². The Bertz CT molecular complexity index is 1390. The van der Waals surface area contributed by atoms with Crippen molar-refractivity contribution < 1.29 is 33.6 Å². The maximum absolute atomic E-state index is 14.2. The number of hydrogen-bond donors (Lipinski definition) is 2. The number of carbonyl (C=O) groups excluding carboxylic acids is 7. The van der Waals surface area contributed by atoms with Crippen LogP contribution < -0.4 is 10.6 Å². The Balaban J connectivity index is 0.0000151. The van der Waals surface area contributed by atoms with Crippen LogP contribution in [-0.2, 0) is 33.6 Å². The highest BCUT2D eigenvalue weighted by molar-refractivity contribution is 5.97. The monoisotopic (exact) mass is 777 g/mol. The van der Waals surface area contributed by atoms with Gasteiger partial charge in [-0.2, -0.15) is 0 Å². The van der Waals surface area contributed by atoms with Crippen LogP contribution >= 0.6 is 0 Å². The van der Waals surface area contributed by atoms with Crippen molar-refractivity contribution in [2.24, 2.45) is 53.3 Å². The van der Waals surface area contributed by atoms with Crippen LogP contribution in [0.2, 0.25) is 0 Å². The summed E-state index contributed by atoms with van der Waals surface area (Å²) in [5, 5.41) is 6.00. The zero-order chi connectivity index (χ0) is 41.8. The summed E-state index contributed by atoms with van der Waals surface area (Å²) < 4.78 is 0. The van der Waals surface area contributed by atoms with E-state index in [4.69, 9.17) is 0 Å². The highest BCUT2D eigenvalue weighted by atomic mass is 16.2. The number of nitrogens with one attached hydrogen (secondary N) is 2. The topological polar surface area (TPSA) is 157 Å². The van der Waals surface area contributed by atoms with Crippen molar-refractivity contribution >= 4 is 41.2 Å². The highest BCUT2D eigenvalue weighted by Crippen LogP contribution is 2.49. The number of nitrogens with zero attached hydrogens (tertiary/aromatic N) is 4. The summed E-state index contributed by atoms with van der Waals surface area (Å²) >= 11 is 0. The summed E-state index contributed by atoms with van der Waals surface area (Å²) in [6.45, 7) is 24.2. The minimum Gasteiger partial charge on any atom is -0.344 e. The van der Waals surface area contributed by atoms with E-state index in [-0.39, 0.29) is 72.4 Å². The van der Waals surface area contributed by atoms with Crippen molar-refractivity contribution in [3.05, 3.63) is 0 Å². The number of rotatable bonds is 19. The number of amides is 6. The van der Waals surface area contributed by atoms with Gasteiger partial charge in [0.05, 0.1) is 6.04 Å². The van der Waals surface area contributed by atoms with Gasteiger partial charge in [0, 0.05) is 34.1 Å². The van der Waals surface area contributed by atoms with Crippen LogP contribution in [0.15, 0.2) is 0 Å². The fourth-order valence-electron chi connectivity index (χ4n) is 7.87. The zero-order valence-corrected chi connectivity index (χ0v) is 36.2. The quantitative estimate of drug-likeness (QED) is 0.200. The van der Waals surface area contributed by atoms with Gasteiger partial charge in [-0.25, -0.2) is 0 Å². The van der Waals surface area contributed by atoms with Gasteiger partial charge < -0.3 is 30.2 Å². The molecule has 0 saturated heterocycles. The van der Waals surface area contributed by atoms with E-state index >= 15 is 0 Å². The average Bonchev–Trinajstić information content (AvgIpc) is 3.93. The lowest BCUT2D eigenvalue weighted by molar-refractivity contribution is -0.150. The molecule has 2 N–H and O–H groups in total. The van der Waals surface area contributed by atoms with E-state index in [9.17, 15) is 33.6 Å². The number of ketones is 1. The Morgan fingerprint density at radius 3 is 1.15 bits per heavy atom. The van der Waals surface area contributed by atoms with E-state index in [1.165, 1.54) is 40.6 Å². The highest BCUT2D eigenvalue weighted by Gasteiger charge is 2.54. The number of Topliss-reactive ketones (excluding diaryl/α,β-unsaturated/α-hetero) is 1. The molecule has 0 spiro atoms. The van der Waals surface area contributed by atoms with Crippen molar-refractivity contribution in [1.29, 1.82) is 0 Å². The van der Waals surface area contributed by atoms with Crippen molar-refractivity contribution in [2.75, 3.05) is 28.2 Å². The van der Waals surface area contributed by atoms with Crippen LogP contribution in [0.5, 0.6) is 0 Å². The van der Waals surface area contributed by atoms with Gasteiger partial charge in [-0.05, 0) is 87.9 Å². The van der Waals surface area contributed by atoms with Crippen LogP contribution in [0, 0.1) is 53.3 Å². The van der Waals surface area contributed by atoms with E-state index in [1.54, 1.807) is 34.9 Å². The molecule has 0 aromatic rings. The normalized spacial score (nSPS) is 25.1. The predicted octanol–water partition coefficient (Wildman–Crippen LogP) is 4.08. The molecule has 0 heterocycles. The van der Waals surface area contributed by atoms with Gasteiger partial charge in [0.1, 0.15) is 30.2 Å². The van der Waals surface area contributed by atoms with Crippen LogP contribution in [0.4, 0.5) is 0 Å². The third kappa shape index (κ3) is 11.8. The molecule has 2 aliphatic carbocycles. The second kappa shape index (κ2) is 20.1. The molecule has 13 heteroatoms. The molecule has 11 unspecified atom stereocenters. The summed E-state index contributed by atoms with van der Waals surface area (Å²) in [5.74, 6) is -1.91. The van der Waals surface area contributed by atoms with Gasteiger partial charge >= 0.3 is 0 Å². The van der Waals surface area contributed by atoms with E-state index in [1.807, 2.05) is 48.5 Å². The van der Waals surface area contributed by atoms with Crippen molar-refractivity contribution in [1.82, 2.24) is 30.2 Å². The summed E-state index contributed by atoms with van der Waals surface area (Å²) in [7, 11) is 6.15. The summed E-state index contributed by atoms with van der Waals surface area (Å²) in [6, 6.07) is -5.17. The predicted molar refractivity (Wildman–Crippen MR) is 216 cm³/mol. The molecule has 2 rings (SSSR count). The maximum atomic E-state index is 14.2. The smallest absolute Gasteiger partial charge is 0.245 e. The molecule has 2 saturated carbocycles. The fourth-order valence-corrected chi connectivity index (χ4v) is 7.87. The molecule has 0 bridgehead atoms. The Kier molecular flexibility index (Phi) is 18.1. The van der Waals surface area contributed by atoms with E-state index in [2.05, 4.69) is 24.5 Å². The Morgan fingerprint density at radius 1 is 0.491 bits per heavy atom. The molecule has 11 atom stereocenters. The molecule has 13 nitrogen and oxygen atoms in total. The molecule has 2 fully saturated rings. The molecular formula is C42H76N6O7. The molecular weight excluding hydrogens is 700 g/mol. The first-order valence-corrected chi connectivity index (χ1v) is 20.0. The Hall–Kier alpha value is -3.51. The summed E-state index contributed by atoms with van der Waals surface area (Å²) in [4.78, 5) is 100. The van der Waals surface area contributed by atoms with E-state index < -0.39 is 59.9 Å². The lowest BCUT2D eigenvalue weighted by Gasteiger charge is -2.36. The molecule has 2 aliphatic rings. The van der Waals surface area contributed by atoms with Crippen molar-refractivity contribution in [2.45, 2.75) is 147 Å². The minimum absolute atomic E-state index is 0. The molecule has 0 radical (unpaired) electrons. The summed E-state index contributed by atoms with van der Waals surface area (Å²) in [6.07, 6.45) is 0.991. The minimum atomic E-state index is -0.953. The second-order valence-corrected chi connectivity index (χ2v) is 17.7. The maximum Gasteiger partial charge on any atom is 0.245 e. The molecule has 0 aliphatic heterocycles. The van der Waals surface area contributed by atoms with Crippen molar-refractivity contribution in [3.8, 4) is 0 Å². The number of hydrogen-bond acceptors (Lipinski definition) is 7. The molecule has 0 aromatic heterocycles. The molecule has 55 heavy (non-hydrogen) atoms. The Labute approximate surface area is 332 Å². The van der Waals surface area contributed by atoms with Crippen LogP contribution in [0.25, 0.3) is 0 Å². The van der Waals surface area contributed by atoms with Crippen LogP contribution in [0.1, 0.15) is 110 Å². The first-order chi connectivity index (χ1) is 24.8. The number of likely N-dealkylation sites (N-methyl/N-ethyl adjacent to an activating group) is 4. The molecule has 0 aromatic carbocycles.